The Kier molecular flexibility index (Phi) is 8.82. The molecule has 0 aromatic carbocycles. The molecule has 0 radical (unpaired) electrons. The smallest absolute Gasteiger partial charge is 0.236 e. The number of nitrogens with one attached hydrogen (secondary N) is 1. The third-order valence-electron chi connectivity index (χ3n) is 8.69. The van der Waals surface area contributed by atoms with Crippen molar-refractivity contribution < 1.29 is 9.18 Å². The van der Waals surface area contributed by atoms with Crippen LogP contribution >= 0.6 is 0 Å². The number of carbonyl (C=O) groups excluding carboxylic acids is 1. The van der Waals surface area contributed by atoms with Crippen molar-refractivity contribution in [1.82, 2.24) is 20.0 Å². The van der Waals surface area contributed by atoms with Crippen LogP contribution < -0.4 is 11.1 Å². The van der Waals surface area contributed by atoms with Gasteiger partial charge in [-0.3, -0.25) is 14.6 Å². The summed E-state index contributed by atoms with van der Waals surface area (Å²) in [6.07, 6.45) is 11.6. The van der Waals surface area contributed by atoms with Crippen molar-refractivity contribution in [3.8, 4) is 0 Å². The number of hydrogen-bond donors (Lipinski definition) is 2. The number of piperidine rings is 2. The van der Waals surface area contributed by atoms with E-state index in [-0.39, 0.29) is 24.0 Å². The minimum Gasteiger partial charge on any atom is -0.340 e. The number of piperazine rings is 1. The van der Waals surface area contributed by atoms with Gasteiger partial charge in [-0.1, -0.05) is 38.5 Å². The van der Waals surface area contributed by atoms with E-state index in [1.807, 2.05) is 11.9 Å². The molecule has 184 valence electrons. The molecule has 4 atom stereocenters. The summed E-state index contributed by atoms with van der Waals surface area (Å²) >= 11 is 0. The molecule has 4 unspecified atom stereocenters. The molecule has 0 bridgehead atoms. The lowest BCUT2D eigenvalue weighted by Crippen LogP contribution is -2.69. The minimum atomic E-state index is -0.895. The van der Waals surface area contributed by atoms with Gasteiger partial charge in [-0.2, -0.15) is 0 Å². The lowest BCUT2D eigenvalue weighted by Gasteiger charge is -2.49. The van der Waals surface area contributed by atoms with Crippen molar-refractivity contribution in [2.75, 3.05) is 52.9 Å². The fourth-order valence-electron chi connectivity index (χ4n) is 6.70. The zero-order valence-corrected chi connectivity index (χ0v) is 20.2. The quantitative estimate of drug-likeness (QED) is 0.686. The Hall–Kier alpha value is -0.760. The molecule has 0 aromatic heterocycles. The van der Waals surface area contributed by atoms with Gasteiger partial charge in [-0.15, -0.1) is 0 Å². The van der Waals surface area contributed by atoms with Gasteiger partial charge in [-0.05, 0) is 57.7 Å². The topological polar surface area (TPSA) is 64.8 Å². The van der Waals surface area contributed by atoms with Crippen LogP contribution in [0.5, 0.6) is 0 Å². The number of nitrogens with zero attached hydrogens (tertiary/aromatic N) is 3. The zero-order chi connectivity index (χ0) is 22.5. The highest BCUT2D eigenvalue weighted by Gasteiger charge is 2.44. The average Bonchev–Trinajstić information content (AvgIpc) is 2.91. The third kappa shape index (κ3) is 6.02. The Labute approximate surface area is 194 Å². The predicted molar refractivity (Wildman–Crippen MR) is 127 cm³/mol. The SMILES string of the molecule is CN1CCN(CC2CCN(C3C(F)CNC(C4CCCCCCCC4)C3N)CC2)C(=O)C1. The van der Waals surface area contributed by atoms with Gasteiger partial charge in [0.2, 0.25) is 5.91 Å². The summed E-state index contributed by atoms with van der Waals surface area (Å²) in [6, 6.07) is -0.0638. The van der Waals surface area contributed by atoms with Crippen molar-refractivity contribution >= 4 is 5.91 Å². The van der Waals surface area contributed by atoms with Crippen LogP contribution in [0.4, 0.5) is 4.39 Å². The molecular formula is C25H46FN5O. The van der Waals surface area contributed by atoms with Crippen LogP contribution in [0.1, 0.15) is 64.2 Å². The predicted octanol–water partition coefficient (Wildman–Crippen LogP) is 2.23. The van der Waals surface area contributed by atoms with Crippen LogP contribution in [-0.2, 0) is 4.79 Å². The Bertz CT molecular complexity index is 589. The molecule has 32 heavy (non-hydrogen) atoms. The molecule has 0 aromatic rings. The molecule has 0 spiro atoms. The lowest BCUT2D eigenvalue weighted by molar-refractivity contribution is -0.136. The number of hydrogen-bond acceptors (Lipinski definition) is 5. The highest BCUT2D eigenvalue weighted by atomic mass is 19.1. The first-order chi connectivity index (χ1) is 15.5. The van der Waals surface area contributed by atoms with Crippen LogP contribution in [0.25, 0.3) is 0 Å². The number of amides is 1. The van der Waals surface area contributed by atoms with E-state index in [1.54, 1.807) is 0 Å². The number of likely N-dealkylation sites (tertiary alicyclic amines) is 1. The Morgan fingerprint density at radius 3 is 2.28 bits per heavy atom. The monoisotopic (exact) mass is 451 g/mol. The van der Waals surface area contributed by atoms with E-state index in [2.05, 4.69) is 15.1 Å². The Morgan fingerprint density at radius 2 is 1.62 bits per heavy atom. The van der Waals surface area contributed by atoms with Gasteiger partial charge in [0.25, 0.3) is 0 Å². The Morgan fingerprint density at radius 1 is 0.969 bits per heavy atom. The summed E-state index contributed by atoms with van der Waals surface area (Å²) in [7, 11) is 2.01. The van der Waals surface area contributed by atoms with Crippen LogP contribution in [0, 0.1) is 11.8 Å². The van der Waals surface area contributed by atoms with Gasteiger partial charge >= 0.3 is 0 Å². The molecule has 4 rings (SSSR count). The summed E-state index contributed by atoms with van der Waals surface area (Å²) < 4.78 is 15.1. The van der Waals surface area contributed by atoms with E-state index in [9.17, 15) is 4.79 Å². The molecular weight excluding hydrogens is 405 g/mol. The van der Waals surface area contributed by atoms with Gasteiger partial charge in [0.05, 0.1) is 12.6 Å². The molecule has 3 aliphatic heterocycles. The van der Waals surface area contributed by atoms with E-state index in [0.29, 0.717) is 24.9 Å². The van der Waals surface area contributed by atoms with Crippen molar-refractivity contribution in [2.45, 2.75) is 88.5 Å². The fourth-order valence-corrected chi connectivity index (χ4v) is 6.70. The van der Waals surface area contributed by atoms with E-state index >= 15 is 4.39 Å². The molecule has 1 saturated carbocycles. The maximum absolute atomic E-state index is 15.1. The van der Waals surface area contributed by atoms with Gasteiger partial charge in [0.15, 0.2) is 0 Å². The van der Waals surface area contributed by atoms with Crippen LogP contribution in [0.2, 0.25) is 0 Å². The van der Waals surface area contributed by atoms with Crippen molar-refractivity contribution in [1.29, 1.82) is 0 Å². The molecule has 1 aliphatic carbocycles. The first kappa shape index (κ1) is 24.4. The summed E-state index contributed by atoms with van der Waals surface area (Å²) in [4.78, 5) is 18.8. The van der Waals surface area contributed by atoms with Crippen molar-refractivity contribution in [3.05, 3.63) is 0 Å². The largest absolute Gasteiger partial charge is 0.340 e. The second-order valence-electron chi connectivity index (χ2n) is 11.0. The maximum Gasteiger partial charge on any atom is 0.236 e. The molecule has 3 heterocycles. The lowest BCUT2D eigenvalue weighted by atomic mass is 9.79. The summed E-state index contributed by atoms with van der Waals surface area (Å²) in [5, 5.41) is 3.52. The van der Waals surface area contributed by atoms with Gasteiger partial charge < -0.3 is 16.0 Å². The van der Waals surface area contributed by atoms with E-state index in [1.165, 1.54) is 51.4 Å². The number of alkyl halides is 1. The molecule has 3 N–H and O–H groups in total. The van der Waals surface area contributed by atoms with Crippen LogP contribution in [0.15, 0.2) is 0 Å². The highest BCUT2D eigenvalue weighted by molar-refractivity contribution is 5.79. The average molecular weight is 452 g/mol. The highest BCUT2D eigenvalue weighted by Crippen LogP contribution is 2.31. The third-order valence-corrected chi connectivity index (χ3v) is 8.69. The number of likely N-dealkylation sites (N-methyl/N-ethyl adjacent to an activating group) is 1. The molecule has 6 nitrogen and oxygen atoms in total. The van der Waals surface area contributed by atoms with Crippen molar-refractivity contribution in [3.63, 3.8) is 0 Å². The molecule has 3 saturated heterocycles. The number of nitrogens with two attached hydrogens (primary N) is 1. The van der Waals surface area contributed by atoms with Crippen molar-refractivity contribution in [2.24, 2.45) is 17.6 Å². The molecule has 4 aliphatic rings. The normalized spacial score (nSPS) is 36.0. The summed E-state index contributed by atoms with van der Waals surface area (Å²) in [6.45, 7) is 5.45. The fraction of sp³-hybridized carbons (Fsp3) is 0.960. The molecule has 7 heteroatoms. The number of rotatable bonds is 4. The first-order valence-corrected chi connectivity index (χ1v) is 13.4. The second-order valence-corrected chi connectivity index (χ2v) is 11.0. The first-order valence-electron chi connectivity index (χ1n) is 13.4. The summed E-state index contributed by atoms with van der Waals surface area (Å²) in [5.74, 6) is 1.36. The van der Waals surface area contributed by atoms with E-state index < -0.39 is 6.17 Å². The van der Waals surface area contributed by atoms with Crippen LogP contribution in [0.3, 0.4) is 0 Å². The second kappa shape index (κ2) is 11.6. The van der Waals surface area contributed by atoms with Gasteiger partial charge in [0, 0.05) is 38.3 Å². The van der Waals surface area contributed by atoms with Gasteiger partial charge in [0.1, 0.15) is 6.17 Å². The summed E-state index contributed by atoms with van der Waals surface area (Å²) in [5.41, 5.74) is 6.82. The molecule has 4 fully saturated rings. The standard InChI is InChI=1S/C25H46FN5O/c1-29-14-15-31(22(32)18-29)17-19-10-12-30(13-11-19)25-21(26)16-28-24(23(25)27)20-8-6-4-2-3-5-7-9-20/h19-21,23-25,28H,2-18,27H2,1H3. The zero-order valence-electron chi connectivity index (χ0n) is 20.2. The Balaban J connectivity index is 1.31. The number of halogens is 1. The molecule has 1 amide bonds. The minimum absolute atomic E-state index is 0.139. The van der Waals surface area contributed by atoms with Gasteiger partial charge in [-0.25, -0.2) is 4.39 Å². The van der Waals surface area contributed by atoms with Crippen LogP contribution in [-0.4, -0.2) is 97.8 Å². The van der Waals surface area contributed by atoms with E-state index in [4.69, 9.17) is 5.73 Å². The number of carbonyl (C=O) groups is 1. The van der Waals surface area contributed by atoms with E-state index in [0.717, 1.165) is 45.6 Å². The maximum atomic E-state index is 15.1.